The molecule has 0 nitrogen and oxygen atoms in total. The Morgan fingerprint density at radius 3 is 1.95 bits per heavy atom. The van der Waals surface area contributed by atoms with E-state index in [1.807, 2.05) is 0 Å². The quantitative estimate of drug-likeness (QED) is 0.373. The maximum Gasteiger partial charge on any atom is -0.00964 e. The average molecular weight is 268 g/mol. The molecule has 0 fully saturated rings. The number of benzene rings is 4. The lowest BCUT2D eigenvalue weighted by atomic mass is 9.91. The Morgan fingerprint density at radius 1 is 0.524 bits per heavy atom. The van der Waals surface area contributed by atoms with Crippen molar-refractivity contribution in [1.82, 2.24) is 0 Å². The standard InChI is InChI=1S/C21H16/c1-15-8-2-4-10-17(15)21-14-16-9-3-5-11-18(16)19-12-6-7-13-20(19)21/h2-14H,1H3. The molecule has 0 saturated heterocycles. The third-order valence-electron chi connectivity index (χ3n) is 4.20. The second-order valence-electron chi connectivity index (χ2n) is 5.51. The highest BCUT2D eigenvalue weighted by molar-refractivity contribution is 6.13. The zero-order valence-electron chi connectivity index (χ0n) is 12.0. The second kappa shape index (κ2) is 4.75. The van der Waals surface area contributed by atoms with Crippen molar-refractivity contribution in [3.05, 3.63) is 84.4 Å². The van der Waals surface area contributed by atoms with Gasteiger partial charge in [-0.2, -0.15) is 0 Å². The van der Waals surface area contributed by atoms with Crippen LogP contribution in [0.4, 0.5) is 0 Å². The first kappa shape index (κ1) is 12.2. The van der Waals surface area contributed by atoms with E-state index in [0.717, 1.165) is 0 Å². The van der Waals surface area contributed by atoms with Crippen LogP contribution in [-0.4, -0.2) is 0 Å². The predicted octanol–water partition coefficient (Wildman–Crippen LogP) is 5.97. The highest BCUT2D eigenvalue weighted by Crippen LogP contribution is 2.35. The van der Waals surface area contributed by atoms with Crippen LogP contribution in [0.3, 0.4) is 0 Å². The Labute approximate surface area is 124 Å². The van der Waals surface area contributed by atoms with Crippen LogP contribution in [0.15, 0.2) is 78.9 Å². The van der Waals surface area contributed by atoms with Gasteiger partial charge in [-0.1, -0.05) is 72.8 Å². The lowest BCUT2D eigenvalue weighted by molar-refractivity contribution is 1.47. The first-order chi connectivity index (χ1) is 10.3. The summed E-state index contributed by atoms with van der Waals surface area (Å²) in [5.74, 6) is 0. The Kier molecular flexibility index (Phi) is 2.75. The third-order valence-corrected chi connectivity index (χ3v) is 4.20. The zero-order chi connectivity index (χ0) is 14.2. The van der Waals surface area contributed by atoms with Crippen molar-refractivity contribution in [2.45, 2.75) is 6.92 Å². The molecule has 0 bridgehead atoms. The maximum atomic E-state index is 2.32. The van der Waals surface area contributed by atoms with Crippen molar-refractivity contribution in [3.8, 4) is 11.1 Å². The molecule has 0 aromatic heterocycles. The Morgan fingerprint density at radius 2 is 1.14 bits per heavy atom. The summed E-state index contributed by atoms with van der Waals surface area (Å²) in [6, 6.07) is 28.3. The van der Waals surface area contributed by atoms with E-state index >= 15 is 0 Å². The molecule has 0 aliphatic rings. The van der Waals surface area contributed by atoms with Gasteiger partial charge in [0.15, 0.2) is 0 Å². The minimum Gasteiger partial charge on any atom is -0.0620 e. The van der Waals surface area contributed by atoms with Gasteiger partial charge in [-0.25, -0.2) is 0 Å². The van der Waals surface area contributed by atoms with E-state index < -0.39 is 0 Å². The zero-order valence-corrected chi connectivity index (χ0v) is 12.0. The van der Waals surface area contributed by atoms with E-state index in [1.165, 1.54) is 38.2 Å². The van der Waals surface area contributed by atoms with Crippen LogP contribution in [-0.2, 0) is 0 Å². The monoisotopic (exact) mass is 268 g/mol. The summed E-state index contributed by atoms with van der Waals surface area (Å²) in [6.07, 6.45) is 0. The summed E-state index contributed by atoms with van der Waals surface area (Å²) in [4.78, 5) is 0. The van der Waals surface area contributed by atoms with Crippen molar-refractivity contribution in [2.75, 3.05) is 0 Å². The topological polar surface area (TPSA) is 0 Å². The second-order valence-corrected chi connectivity index (χ2v) is 5.51. The van der Waals surface area contributed by atoms with Gasteiger partial charge in [-0.05, 0) is 51.2 Å². The molecule has 0 aliphatic carbocycles. The Hall–Kier alpha value is -2.60. The van der Waals surface area contributed by atoms with Crippen LogP contribution < -0.4 is 0 Å². The van der Waals surface area contributed by atoms with Gasteiger partial charge in [0.25, 0.3) is 0 Å². The SMILES string of the molecule is Cc1ccccc1-c1cc2ccccc2c2ccccc12. The van der Waals surface area contributed by atoms with E-state index in [9.17, 15) is 0 Å². The van der Waals surface area contributed by atoms with Gasteiger partial charge in [0.1, 0.15) is 0 Å². The summed E-state index contributed by atoms with van der Waals surface area (Å²) >= 11 is 0. The van der Waals surface area contributed by atoms with Crippen LogP contribution in [0.25, 0.3) is 32.7 Å². The summed E-state index contributed by atoms with van der Waals surface area (Å²) in [5, 5.41) is 5.28. The van der Waals surface area contributed by atoms with Crippen LogP contribution in [0, 0.1) is 6.92 Å². The minimum atomic E-state index is 1.30. The number of rotatable bonds is 1. The fourth-order valence-corrected chi connectivity index (χ4v) is 3.15. The van der Waals surface area contributed by atoms with Gasteiger partial charge in [0, 0.05) is 0 Å². The van der Waals surface area contributed by atoms with Gasteiger partial charge in [-0.3, -0.25) is 0 Å². The van der Waals surface area contributed by atoms with Gasteiger partial charge in [-0.15, -0.1) is 0 Å². The number of hydrogen-bond donors (Lipinski definition) is 0. The van der Waals surface area contributed by atoms with Gasteiger partial charge < -0.3 is 0 Å². The minimum absolute atomic E-state index is 1.30. The molecule has 100 valence electrons. The van der Waals surface area contributed by atoms with E-state index in [-0.39, 0.29) is 0 Å². The summed E-state index contributed by atoms with van der Waals surface area (Å²) in [7, 11) is 0. The highest BCUT2D eigenvalue weighted by atomic mass is 14.1. The number of fused-ring (bicyclic) bond motifs is 3. The van der Waals surface area contributed by atoms with E-state index in [0.29, 0.717) is 0 Å². The highest BCUT2D eigenvalue weighted by Gasteiger charge is 2.09. The van der Waals surface area contributed by atoms with E-state index in [4.69, 9.17) is 0 Å². The third kappa shape index (κ3) is 1.92. The summed E-state index contributed by atoms with van der Waals surface area (Å²) in [5.41, 5.74) is 3.96. The Bertz CT molecular complexity index is 948. The van der Waals surface area contributed by atoms with Gasteiger partial charge >= 0.3 is 0 Å². The van der Waals surface area contributed by atoms with E-state index in [1.54, 1.807) is 0 Å². The first-order valence-corrected chi connectivity index (χ1v) is 7.31. The molecular formula is C21H16. The van der Waals surface area contributed by atoms with Crippen LogP contribution in [0.5, 0.6) is 0 Å². The lowest BCUT2D eigenvalue weighted by Crippen LogP contribution is -1.86. The Balaban J connectivity index is 2.20. The fraction of sp³-hybridized carbons (Fsp3) is 0.0476. The lowest BCUT2D eigenvalue weighted by Gasteiger charge is -2.12. The first-order valence-electron chi connectivity index (χ1n) is 7.31. The van der Waals surface area contributed by atoms with Crippen molar-refractivity contribution < 1.29 is 0 Å². The van der Waals surface area contributed by atoms with E-state index in [2.05, 4.69) is 85.8 Å². The molecule has 0 heterocycles. The van der Waals surface area contributed by atoms with Gasteiger partial charge in [0.05, 0.1) is 0 Å². The predicted molar refractivity (Wildman–Crippen MR) is 91.6 cm³/mol. The molecule has 0 N–H and O–H groups in total. The molecule has 21 heavy (non-hydrogen) atoms. The fourth-order valence-electron chi connectivity index (χ4n) is 3.15. The molecule has 0 radical (unpaired) electrons. The molecule has 4 aromatic rings. The molecule has 0 saturated carbocycles. The van der Waals surface area contributed by atoms with Gasteiger partial charge in [0.2, 0.25) is 0 Å². The number of aryl methyl sites for hydroxylation is 1. The number of hydrogen-bond acceptors (Lipinski definition) is 0. The molecular weight excluding hydrogens is 252 g/mol. The smallest absolute Gasteiger partial charge is 0.00964 e. The molecule has 4 aromatic carbocycles. The average Bonchev–Trinajstić information content (AvgIpc) is 2.55. The molecule has 0 atom stereocenters. The van der Waals surface area contributed by atoms with Crippen LogP contribution >= 0.6 is 0 Å². The van der Waals surface area contributed by atoms with Crippen molar-refractivity contribution >= 4 is 21.5 Å². The van der Waals surface area contributed by atoms with Crippen molar-refractivity contribution in [3.63, 3.8) is 0 Å². The summed E-state index contributed by atoms with van der Waals surface area (Å²) in [6.45, 7) is 2.18. The molecule has 0 amide bonds. The van der Waals surface area contributed by atoms with Crippen molar-refractivity contribution in [2.24, 2.45) is 0 Å². The molecule has 0 spiro atoms. The molecule has 0 aliphatic heterocycles. The largest absolute Gasteiger partial charge is 0.0620 e. The van der Waals surface area contributed by atoms with Crippen LogP contribution in [0.2, 0.25) is 0 Å². The molecule has 4 rings (SSSR count). The van der Waals surface area contributed by atoms with Crippen LogP contribution in [0.1, 0.15) is 5.56 Å². The maximum absolute atomic E-state index is 2.32. The van der Waals surface area contributed by atoms with Crippen molar-refractivity contribution in [1.29, 1.82) is 0 Å². The molecule has 0 heteroatoms. The summed E-state index contributed by atoms with van der Waals surface area (Å²) < 4.78 is 0. The molecule has 0 unspecified atom stereocenters. The normalized spacial score (nSPS) is 11.1.